The number of nitrogens with two attached hydrogens (primary N) is 1. The van der Waals surface area contributed by atoms with Crippen LogP contribution in [0.4, 0.5) is 0 Å². The molecule has 0 radical (unpaired) electrons. The Balaban J connectivity index is 2.42. The third-order valence-corrected chi connectivity index (χ3v) is 4.95. The summed E-state index contributed by atoms with van der Waals surface area (Å²) >= 11 is 1.31. The monoisotopic (exact) mass is 313 g/mol. The van der Waals surface area contributed by atoms with Crippen LogP contribution in [-0.2, 0) is 14.4 Å². The Bertz CT molecular complexity index is 544. The van der Waals surface area contributed by atoms with Gasteiger partial charge < -0.3 is 16.2 Å². The first-order chi connectivity index (χ1) is 9.68. The van der Waals surface area contributed by atoms with Gasteiger partial charge >= 0.3 is 5.97 Å². The number of nitrogens with one attached hydrogen (secondary N) is 1. The van der Waals surface area contributed by atoms with Crippen molar-refractivity contribution in [2.75, 3.05) is 6.54 Å². The maximum Gasteiger partial charge on any atom is 0.353 e. The average molecular weight is 313 g/mol. The molecule has 0 aromatic heterocycles. The standard InChI is InChI=1S/C13H19N3O4S/c1-6(17)15-9-7-4-8(18)16(7)10(12(19)20)11(9)21-13(2,3)5-14/h7,9H,4-5,14H2,1-3H3,(H,15,17)(H,19,20). The summed E-state index contributed by atoms with van der Waals surface area (Å²) in [5.41, 5.74) is 5.68. The molecule has 2 amide bonds. The molecule has 0 spiro atoms. The highest BCUT2D eigenvalue weighted by Crippen LogP contribution is 2.46. The minimum Gasteiger partial charge on any atom is -0.477 e. The molecule has 1 saturated heterocycles. The van der Waals surface area contributed by atoms with E-state index in [1.54, 1.807) is 0 Å². The highest BCUT2D eigenvalue weighted by atomic mass is 32.2. The Morgan fingerprint density at radius 2 is 2.14 bits per heavy atom. The molecule has 0 aliphatic carbocycles. The number of fused-ring (bicyclic) bond motifs is 1. The lowest BCUT2D eigenvalue weighted by Gasteiger charge is -2.38. The van der Waals surface area contributed by atoms with E-state index in [-0.39, 0.29) is 34.7 Å². The summed E-state index contributed by atoms with van der Waals surface area (Å²) in [6.07, 6.45) is 0.245. The number of carboxylic acids is 1. The van der Waals surface area contributed by atoms with E-state index < -0.39 is 12.0 Å². The van der Waals surface area contributed by atoms with Crippen molar-refractivity contribution in [2.45, 2.75) is 44.0 Å². The molecule has 8 heteroatoms. The first-order valence-corrected chi connectivity index (χ1v) is 7.45. The molecule has 2 heterocycles. The summed E-state index contributed by atoms with van der Waals surface area (Å²) in [5, 5.41) is 12.2. The van der Waals surface area contributed by atoms with Gasteiger partial charge in [0.05, 0.1) is 18.5 Å². The molecule has 2 atom stereocenters. The zero-order chi connectivity index (χ0) is 15.9. The molecule has 1 fully saturated rings. The quantitative estimate of drug-likeness (QED) is 0.610. The van der Waals surface area contributed by atoms with Gasteiger partial charge in [-0.15, -0.1) is 11.8 Å². The van der Waals surface area contributed by atoms with E-state index >= 15 is 0 Å². The molecule has 21 heavy (non-hydrogen) atoms. The number of carboxylic acid groups (broad SMARTS) is 1. The van der Waals surface area contributed by atoms with E-state index in [9.17, 15) is 19.5 Å². The number of carbonyl (C=O) groups excluding carboxylic acids is 2. The number of hydrogen-bond acceptors (Lipinski definition) is 5. The molecule has 0 saturated carbocycles. The van der Waals surface area contributed by atoms with Crippen LogP contribution in [0, 0.1) is 0 Å². The summed E-state index contributed by atoms with van der Waals surface area (Å²) in [4.78, 5) is 36.4. The van der Waals surface area contributed by atoms with Gasteiger partial charge in [0.15, 0.2) is 0 Å². The summed E-state index contributed by atoms with van der Waals surface area (Å²) in [6, 6.07) is -0.773. The number of rotatable bonds is 5. The molecule has 2 aliphatic heterocycles. The van der Waals surface area contributed by atoms with Crippen molar-refractivity contribution in [3.63, 3.8) is 0 Å². The van der Waals surface area contributed by atoms with E-state index in [0.717, 1.165) is 0 Å². The van der Waals surface area contributed by atoms with Crippen molar-refractivity contribution < 1.29 is 19.5 Å². The Kier molecular flexibility index (Phi) is 4.03. The molecule has 2 rings (SSSR count). The van der Waals surface area contributed by atoms with Crippen LogP contribution in [0.25, 0.3) is 0 Å². The largest absolute Gasteiger partial charge is 0.477 e. The number of β-lactam (4-membered cyclic amide) rings is 1. The summed E-state index contributed by atoms with van der Waals surface area (Å²) in [6.45, 7) is 5.51. The van der Waals surface area contributed by atoms with Crippen LogP contribution in [0.5, 0.6) is 0 Å². The summed E-state index contributed by atoms with van der Waals surface area (Å²) in [7, 11) is 0. The average Bonchev–Trinajstić information content (AvgIpc) is 2.59. The molecule has 7 nitrogen and oxygen atoms in total. The van der Waals surface area contributed by atoms with E-state index in [0.29, 0.717) is 11.4 Å². The van der Waals surface area contributed by atoms with Crippen molar-refractivity contribution in [2.24, 2.45) is 5.73 Å². The third kappa shape index (κ3) is 2.77. The molecule has 0 aromatic carbocycles. The Labute approximate surface area is 126 Å². The number of hydrogen-bond donors (Lipinski definition) is 3. The molecular weight excluding hydrogens is 294 g/mol. The van der Waals surface area contributed by atoms with Gasteiger partial charge in [-0.25, -0.2) is 4.79 Å². The molecule has 116 valence electrons. The fraction of sp³-hybridized carbons (Fsp3) is 0.615. The number of nitrogens with zero attached hydrogens (tertiary/aromatic N) is 1. The predicted molar refractivity (Wildman–Crippen MR) is 78.2 cm³/mol. The number of aliphatic carboxylic acids is 1. The van der Waals surface area contributed by atoms with Gasteiger partial charge in [0.25, 0.3) is 0 Å². The Morgan fingerprint density at radius 3 is 2.57 bits per heavy atom. The Morgan fingerprint density at radius 1 is 1.52 bits per heavy atom. The van der Waals surface area contributed by atoms with Gasteiger partial charge in [-0.1, -0.05) is 0 Å². The number of amides is 2. The van der Waals surface area contributed by atoms with Crippen LogP contribution >= 0.6 is 11.8 Å². The lowest BCUT2D eigenvalue weighted by Crippen LogP contribution is -2.57. The molecule has 4 N–H and O–H groups in total. The van der Waals surface area contributed by atoms with Gasteiger partial charge in [0.1, 0.15) is 5.70 Å². The second-order valence-corrected chi connectivity index (χ2v) is 7.55. The van der Waals surface area contributed by atoms with Gasteiger partial charge in [0, 0.05) is 23.1 Å². The lowest BCUT2D eigenvalue weighted by molar-refractivity contribution is -0.148. The Hall–Kier alpha value is -1.54. The summed E-state index contributed by atoms with van der Waals surface area (Å²) < 4.78 is -0.388. The van der Waals surface area contributed by atoms with Crippen LogP contribution < -0.4 is 11.1 Å². The molecule has 0 bridgehead atoms. The van der Waals surface area contributed by atoms with E-state index in [1.807, 2.05) is 13.8 Å². The van der Waals surface area contributed by atoms with Gasteiger partial charge in [0.2, 0.25) is 11.8 Å². The van der Waals surface area contributed by atoms with Gasteiger partial charge in [-0.2, -0.15) is 0 Å². The maximum absolute atomic E-state index is 11.7. The fourth-order valence-corrected chi connectivity index (χ4v) is 3.78. The lowest BCUT2D eigenvalue weighted by atomic mass is 9.98. The van der Waals surface area contributed by atoms with Gasteiger partial charge in [-0.3, -0.25) is 14.5 Å². The normalized spacial score (nSPS) is 24.8. The third-order valence-electron chi connectivity index (χ3n) is 3.56. The second-order valence-electron chi connectivity index (χ2n) is 5.80. The molecule has 2 aliphatic rings. The predicted octanol–water partition coefficient (Wildman–Crippen LogP) is -0.128. The van der Waals surface area contributed by atoms with Gasteiger partial charge in [-0.05, 0) is 13.8 Å². The minimum absolute atomic E-state index is 0.0264. The topological polar surface area (TPSA) is 113 Å². The van der Waals surface area contributed by atoms with Crippen LogP contribution in [0.1, 0.15) is 27.2 Å². The number of carbonyl (C=O) groups is 3. The minimum atomic E-state index is -1.16. The van der Waals surface area contributed by atoms with Crippen molar-refractivity contribution in [1.82, 2.24) is 10.2 Å². The van der Waals surface area contributed by atoms with Crippen LogP contribution in [0.2, 0.25) is 0 Å². The molecule has 0 aromatic rings. The maximum atomic E-state index is 11.7. The van der Waals surface area contributed by atoms with E-state index in [4.69, 9.17) is 5.73 Å². The van der Waals surface area contributed by atoms with Crippen molar-refractivity contribution in [1.29, 1.82) is 0 Å². The first kappa shape index (κ1) is 15.8. The SMILES string of the molecule is CC(=O)NC1C(SC(C)(C)CN)=C(C(=O)O)N2C(=O)CC12. The highest BCUT2D eigenvalue weighted by molar-refractivity contribution is 8.04. The van der Waals surface area contributed by atoms with Crippen molar-refractivity contribution >= 4 is 29.5 Å². The first-order valence-electron chi connectivity index (χ1n) is 6.63. The van der Waals surface area contributed by atoms with Crippen LogP contribution in [-0.4, -0.2) is 51.2 Å². The van der Waals surface area contributed by atoms with E-state index in [1.165, 1.54) is 23.6 Å². The zero-order valence-electron chi connectivity index (χ0n) is 12.2. The van der Waals surface area contributed by atoms with E-state index in [2.05, 4.69) is 5.32 Å². The summed E-state index contributed by atoms with van der Waals surface area (Å²) in [5.74, 6) is -1.64. The molecular formula is C13H19N3O4S. The number of thioether (sulfide) groups is 1. The smallest absolute Gasteiger partial charge is 0.353 e. The second kappa shape index (κ2) is 5.34. The zero-order valence-corrected chi connectivity index (χ0v) is 13.0. The highest BCUT2D eigenvalue weighted by Gasteiger charge is 2.54. The molecule has 2 unspecified atom stereocenters. The fourth-order valence-electron chi connectivity index (χ4n) is 2.48. The van der Waals surface area contributed by atoms with Crippen molar-refractivity contribution in [3.05, 3.63) is 10.6 Å². The van der Waals surface area contributed by atoms with Crippen molar-refractivity contribution in [3.8, 4) is 0 Å². The van der Waals surface area contributed by atoms with Crippen LogP contribution in [0.15, 0.2) is 10.6 Å². The van der Waals surface area contributed by atoms with Crippen LogP contribution in [0.3, 0.4) is 0 Å².